The molecule has 3 heterocycles. The quantitative estimate of drug-likeness (QED) is 0.622. The molecule has 33 heavy (non-hydrogen) atoms. The largest absolute Gasteiger partial charge is 0.495 e. The number of nitrogens with one attached hydrogen (secondary N) is 3. The molecule has 2 aromatic rings. The van der Waals surface area contributed by atoms with Crippen molar-refractivity contribution in [2.45, 2.75) is 31.6 Å². The third-order valence-electron chi connectivity index (χ3n) is 5.94. The number of anilines is 1. The molecule has 3 unspecified atom stereocenters. The van der Waals surface area contributed by atoms with Gasteiger partial charge in [0.2, 0.25) is 5.91 Å². The summed E-state index contributed by atoms with van der Waals surface area (Å²) in [5, 5.41) is 10.2. The second kappa shape index (κ2) is 8.95. The number of ether oxygens (including phenoxy) is 1. The lowest BCUT2D eigenvalue weighted by Gasteiger charge is -2.36. The van der Waals surface area contributed by atoms with Crippen molar-refractivity contribution in [3.8, 4) is 5.75 Å². The van der Waals surface area contributed by atoms with Gasteiger partial charge >= 0.3 is 0 Å². The number of rotatable bonds is 5. The van der Waals surface area contributed by atoms with Gasteiger partial charge in [0.25, 0.3) is 0 Å². The second-order valence-electron chi connectivity index (χ2n) is 8.16. The van der Waals surface area contributed by atoms with Crippen LogP contribution in [0, 0.1) is 12.7 Å². The first-order valence-electron chi connectivity index (χ1n) is 10.7. The average Bonchev–Trinajstić information content (AvgIpc) is 3.42. The molecule has 8 nitrogen and oxygen atoms in total. The lowest BCUT2D eigenvalue weighted by Crippen LogP contribution is -2.54. The summed E-state index contributed by atoms with van der Waals surface area (Å²) in [6.07, 6.45) is 4.72. The van der Waals surface area contributed by atoms with Gasteiger partial charge in [0, 0.05) is 12.4 Å². The number of carbonyl (C=O) groups is 1. The van der Waals surface area contributed by atoms with Crippen LogP contribution in [0.4, 0.5) is 10.1 Å². The molecule has 3 N–H and O–H groups in total. The number of nitrogens with zero attached hydrogens (tertiary/aromatic N) is 3. The van der Waals surface area contributed by atoms with Crippen LogP contribution in [0.1, 0.15) is 23.6 Å². The highest BCUT2D eigenvalue weighted by atomic mass is 32.2. The minimum atomic E-state index is -0.238. The normalized spacial score (nSPS) is 23.0. The highest BCUT2D eigenvalue weighted by Crippen LogP contribution is 2.35. The van der Waals surface area contributed by atoms with Gasteiger partial charge in [-0.1, -0.05) is 30.0 Å². The van der Waals surface area contributed by atoms with E-state index in [0.717, 1.165) is 22.7 Å². The van der Waals surface area contributed by atoms with Gasteiger partial charge < -0.3 is 20.0 Å². The summed E-state index contributed by atoms with van der Waals surface area (Å²) in [7, 11) is 1.58. The molecule has 3 aliphatic rings. The van der Waals surface area contributed by atoms with Crippen LogP contribution in [0.15, 0.2) is 60.0 Å². The van der Waals surface area contributed by atoms with Gasteiger partial charge in [-0.15, -0.1) is 0 Å². The Morgan fingerprint density at radius 2 is 2.09 bits per heavy atom. The Labute approximate surface area is 195 Å². The Morgan fingerprint density at radius 1 is 1.27 bits per heavy atom. The van der Waals surface area contributed by atoms with Crippen molar-refractivity contribution in [1.82, 2.24) is 20.8 Å². The van der Waals surface area contributed by atoms with E-state index in [1.807, 2.05) is 49.7 Å². The fourth-order valence-electron chi connectivity index (χ4n) is 4.30. The fraction of sp³-hybridized carbons (Fsp3) is 0.304. The molecule has 1 fully saturated rings. The molecule has 0 aromatic heterocycles. The molecule has 10 heteroatoms. The number of carbonyl (C=O) groups excluding carboxylic acids is 1. The Kier molecular flexibility index (Phi) is 5.86. The SMILES string of the molecule is COc1ccc(C)cc1NC(=O)CSC1=NNC2C3CC(c4ccc(F)cc4)NN3C=CN12. The summed E-state index contributed by atoms with van der Waals surface area (Å²) in [6, 6.07) is 12.5. The van der Waals surface area contributed by atoms with Crippen LogP contribution in [-0.2, 0) is 4.79 Å². The van der Waals surface area contributed by atoms with Gasteiger partial charge in [0.05, 0.1) is 30.6 Å². The number of hydrazone groups is 1. The summed E-state index contributed by atoms with van der Waals surface area (Å²) in [4.78, 5) is 14.6. The van der Waals surface area contributed by atoms with Crippen LogP contribution >= 0.6 is 11.8 Å². The number of amides is 1. The standard InChI is InChI=1S/C23H25FN6O2S/c1-14-3-8-20(32-2)18(11-14)25-21(31)13-33-23-27-26-22-19-12-17(15-4-6-16(24)7-5-15)28-30(19)10-9-29(22)23/h3-11,17,19,22,26,28H,12-13H2,1-2H3,(H,25,31). The number of aryl methyl sites for hydroxylation is 1. The predicted octanol–water partition coefficient (Wildman–Crippen LogP) is 3.12. The van der Waals surface area contributed by atoms with Crippen LogP contribution in [0.2, 0.25) is 0 Å². The van der Waals surface area contributed by atoms with Crippen LogP contribution in [0.25, 0.3) is 0 Å². The molecule has 5 rings (SSSR count). The van der Waals surface area contributed by atoms with E-state index in [1.54, 1.807) is 7.11 Å². The van der Waals surface area contributed by atoms with E-state index in [0.29, 0.717) is 11.4 Å². The molecule has 2 aromatic carbocycles. The first-order chi connectivity index (χ1) is 16.0. The van der Waals surface area contributed by atoms with E-state index in [9.17, 15) is 9.18 Å². The smallest absolute Gasteiger partial charge is 0.234 e. The zero-order valence-corrected chi connectivity index (χ0v) is 19.1. The molecular formula is C23H25FN6O2S. The highest BCUT2D eigenvalue weighted by molar-refractivity contribution is 8.14. The summed E-state index contributed by atoms with van der Waals surface area (Å²) in [5.74, 6) is 0.483. The number of hydrogen-bond donors (Lipinski definition) is 3. The number of methoxy groups -OCH3 is 1. The first-order valence-corrected chi connectivity index (χ1v) is 11.7. The summed E-state index contributed by atoms with van der Waals surface area (Å²) in [5.41, 5.74) is 9.42. The molecule has 0 saturated carbocycles. The van der Waals surface area contributed by atoms with Crippen LogP contribution in [-0.4, -0.2) is 46.1 Å². The highest BCUT2D eigenvalue weighted by Gasteiger charge is 2.44. The van der Waals surface area contributed by atoms with Gasteiger partial charge in [-0.05, 0) is 48.7 Å². The van der Waals surface area contributed by atoms with E-state index in [2.05, 4.69) is 31.2 Å². The van der Waals surface area contributed by atoms with Crippen LogP contribution in [0.3, 0.4) is 0 Å². The minimum absolute atomic E-state index is 0.0459. The zero-order chi connectivity index (χ0) is 22.9. The number of fused-ring (bicyclic) bond motifs is 3. The first kappa shape index (κ1) is 21.6. The van der Waals surface area contributed by atoms with Gasteiger partial charge in [-0.3, -0.25) is 10.2 Å². The molecule has 3 atom stereocenters. The maximum atomic E-state index is 13.3. The number of halogens is 1. The Morgan fingerprint density at radius 3 is 2.88 bits per heavy atom. The third kappa shape index (κ3) is 4.36. The van der Waals surface area contributed by atoms with Crippen molar-refractivity contribution in [1.29, 1.82) is 0 Å². The van der Waals surface area contributed by atoms with E-state index in [-0.39, 0.29) is 35.7 Å². The van der Waals surface area contributed by atoms with Gasteiger partial charge in [0.1, 0.15) is 17.7 Å². The summed E-state index contributed by atoms with van der Waals surface area (Å²) < 4.78 is 18.6. The molecule has 0 bridgehead atoms. The Balaban J connectivity index is 1.19. The molecule has 0 spiro atoms. The van der Waals surface area contributed by atoms with Crippen molar-refractivity contribution in [2.75, 3.05) is 18.2 Å². The van der Waals surface area contributed by atoms with Gasteiger partial charge in [-0.2, -0.15) is 5.10 Å². The predicted molar refractivity (Wildman–Crippen MR) is 127 cm³/mol. The number of hydrogen-bond acceptors (Lipinski definition) is 8. The zero-order valence-electron chi connectivity index (χ0n) is 18.3. The van der Waals surface area contributed by atoms with E-state index < -0.39 is 0 Å². The van der Waals surface area contributed by atoms with Crippen LogP contribution in [0.5, 0.6) is 5.75 Å². The lowest BCUT2D eigenvalue weighted by atomic mass is 10.00. The summed E-state index contributed by atoms with van der Waals surface area (Å²) >= 11 is 1.38. The average molecular weight is 469 g/mol. The number of benzene rings is 2. The molecule has 0 aliphatic carbocycles. The summed E-state index contributed by atoms with van der Waals surface area (Å²) in [6.45, 7) is 1.97. The van der Waals surface area contributed by atoms with Gasteiger partial charge in [-0.25, -0.2) is 9.82 Å². The minimum Gasteiger partial charge on any atom is -0.495 e. The van der Waals surface area contributed by atoms with E-state index >= 15 is 0 Å². The van der Waals surface area contributed by atoms with Crippen LogP contribution < -0.4 is 20.9 Å². The molecule has 0 radical (unpaired) electrons. The van der Waals surface area contributed by atoms with Crippen molar-refractivity contribution in [2.24, 2.45) is 5.10 Å². The van der Waals surface area contributed by atoms with E-state index in [1.165, 1.54) is 23.9 Å². The Hall–Kier alpha value is -3.24. The maximum Gasteiger partial charge on any atom is 0.234 e. The molecule has 3 aliphatic heterocycles. The van der Waals surface area contributed by atoms with Crippen molar-refractivity contribution < 1.29 is 13.9 Å². The number of hydrazine groups is 1. The van der Waals surface area contributed by atoms with E-state index in [4.69, 9.17) is 4.74 Å². The molecule has 172 valence electrons. The van der Waals surface area contributed by atoms with Gasteiger partial charge in [0.15, 0.2) is 5.17 Å². The lowest BCUT2D eigenvalue weighted by molar-refractivity contribution is -0.113. The van der Waals surface area contributed by atoms with Crippen molar-refractivity contribution >= 4 is 28.5 Å². The number of thioether (sulfide) groups is 1. The number of amidine groups is 1. The fourth-order valence-corrected chi connectivity index (χ4v) is 5.07. The Bertz CT molecular complexity index is 1110. The topological polar surface area (TPSA) is 81.2 Å². The molecule has 1 amide bonds. The third-order valence-corrected chi connectivity index (χ3v) is 6.91. The van der Waals surface area contributed by atoms with Crippen molar-refractivity contribution in [3.63, 3.8) is 0 Å². The molecule has 1 saturated heterocycles. The second-order valence-corrected chi connectivity index (χ2v) is 9.10. The molecular weight excluding hydrogens is 443 g/mol. The van der Waals surface area contributed by atoms with Crippen molar-refractivity contribution in [3.05, 3.63) is 71.8 Å². The monoisotopic (exact) mass is 468 g/mol. The maximum absolute atomic E-state index is 13.3.